The molecule has 0 aromatic heterocycles. The molecule has 160 valence electrons. The standard InChI is InChI=1S/C23H29N3O4/c1-16-15-25(19-11-9-18(10-12-19)23(28)30-4)13-14-26(16)17(2)22(27)24-20-7-5-6-8-21(20)29-3/h5-12,16-17H,13-15H2,1-4H3,(H,24,27). The molecule has 0 bridgehead atoms. The van der Waals surface area contributed by atoms with Crippen molar-refractivity contribution in [3.05, 3.63) is 54.1 Å². The van der Waals surface area contributed by atoms with Gasteiger partial charge in [-0.3, -0.25) is 9.69 Å². The molecule has 0 saturated carbocycles. The number of amides is 1. The van der Waals surface area contributed by atoms with Gasteiger partial charge in [-0.05, 0) is 50.2 Å². The van der Waals surface area contributed by atoms with Gasteiger partial charge in [0, 0.05) is 31.4 Å². The first-order valence-corrected chi connectivity index (χ1v) is 10.1. The molecule has 2 atom stereocenters. The molecule has 1 fully saturated rings. The molecule has 1 amide bonds. The van der Waals surface area contributed by atoms with Crippen LogP contribution in [0.25, 0.3) is 0 Å². The quantitative estimate of drug-likeness (QED) is 0.737. The van der Waals surface area contributed by atoms with Crippen LogP contribution in [0.5, 0.6) is 5.75 Å². The number of esters is 1. The number of hydrogen-bond acceptors (Lipinski definition) is 6. The Bertz CT molecular complexity index is 884. The fraction of sp³-hybridized carbons (Fsp3) is 0.391. The van der Waals surface area contributed by atoms with Crippen molar-refractivity contribution < 1.29 is 19.1 Å². The van der Waals surface area contributed by atoms with Gasteiger partial charge < -0.3 is 19.7 Å². The van der Waals surface area contributed by atoms with Crippen LogP contribution in [0.3, 0.4) is 0 Å². The number of para-hydroxylation sites is 2. The molecular weight excluding hydrogens is 382 g/mol. The minimum Gasteiger partial charge on any atom is -0.495 e. The van der Waals surface area contributed by atoms with Crippen LogP contribution in [-0.4, -0.2) is 62.7 Å². The van der Waals surface area contributed by atoms with Gasteiger partial charge in [0.15, 0.2) is 0 Å². The molecule has 0 radical (unpaired) electrons. The van der Waals surface area contributed by atoms with E-state index < -0.39 is 0 Å². The van der Waals surface area contributed by atoms with Gasteiger partial charge in [0.25, 0.3) is 0 Å². The highest BCUT2D eigenvalue weighted by molar-refractivity contribution is 5.95. The number of methoxy groups -OCH3 is 2. The fourth-order valence-corrected chi connectivity index (χ4v) is 3.84. The summed E-state index contributed by atoms with van der Waals surface area (Å²) in [7, 11) is 2.97. The van der Waals surface area contributed by atoms with Gasteiger partial charge in [-0.1, -0.05) is 12.1 Å². The molecule has 1 N–H and O–H groups in total. The van der Waals surface area contributed by atoms with Gasteiger partial charge in [-0.25, -0.2) is 4.79 Å². The molecule has 1 heterocycles. The van der Waals surface area contributed by atoms with E-state index in [1.807, 2.05) is 43.3 Å². The van der Waals surface area contributed by atoms with Crippen molar-refractivity contribution >= 4 is 23.3 Å². The lowest BCUT2D eigenvalue weighted by atomic mass is 10.1. The average Bonchev–Trinajstić information content (AvgIpc) is 2.78. The topological polar surface area (TPSA) is 71.1 Å². The third-order valence-corrected chi connectivity index (χ3v) is 5.57. The maximum Gasteiger partial charge on any atom is 0.337 e. The van der Waals surface area contributed by atoms with Crippen LogP contribution in [-0.2, 0) is 9.53 Å². The van der Waals surface area contributed by atoms with Crippen molar-refractivity contribution in [2.75, 3.05) is 44.1 Å². The highest BCUT2D eigenvalue weighted by atomic mass is 16.5. The van der Waals surface area contributed by atoms with E-state index in [1.54, 1.807) is 19.2 Å². The second kappa shape index (κ2) is 9.63. The van der Waals surface area contributed by atoms with E-state index in [-0.39, 0.29) is 24.0 Å². The Hall–Kier alpha value is -3.06. The van der Waals surface area contributed by atoms with Gasteiger partial charge in [-0.2, -0.15) is 0 Å². The third kappa shape index (κ3) is 4.74. The predicted octanol–water partition coefficient (Wildman–Crippen LogP) is 3.02. The first-order chi connectivity index (χ1) is 14.4. The van der Waals surface area contributed by atoms with Crippen molar-refractivity contribution in [2.45, 2.75) is 25.9 Å². The largest absolute Gasteiger partial charge is 0.495 e. The molecule has 1 saturated heterocycles. The van der Waals surface area contributed by atoms with Crippen molar-refractivity contribution in [3.8, 4) is 5.75 Å². The van der Waals surface area contributed by atoms with E-state index in [0.29, 0.717) is 17.0 Å². The maximum absolute atomic E-state index is 12.8. The lowest BCUT2D eigenvalue weighted by Gasteiger charge is -2.43. The van der Waals surface area contributed by atoms with Crippen LogP contribution in [0, 0.1) is 0 Å². The lowest BCUT2D eigenvalue weighted by Crippen LogP contribution is -2.57. The van der Waals surface area contributed by atoms with Crippen LogP contribution in [0.15, 0.2) is 48.5 Å². The summed E-state index contributed by atoms with van der Waals surface area (Å²) >= 11 is 0. The summed E-state index contributed by atoms with van der Waals surface area (Å²) in [6.45, 7) is 6.42. The normalized spacial score (nSPS) is 17.9. The summed E-state index contributed by atoms with van der Waals surface area (Å²) < 4.78 is 10.1. The highest BCUT2D eigenvalue weighted by Gasteiger charge is 2.31. The van der Waals surface area contributed by atoms with Crippen molar-refractivity contribution in [1.29, 1.82) is 0 Å². The first-order valence-electron chi connectivity index (χ1n) is 10.1. The summed E-state index contributed by atoms with van der Waals surface area (Å²) in [5, 5.41) is 2.98. The second-order valence-corrected chi connectivity index (χ2v) is 7.44. The SMILES string of the molecule is COC(=O)c1ccc(N2CCN(C(C)C(=O)Nc3ccccc3OC)C(C)C2)cc1. The molecule has 2 aromatic rings. The number of carbonyl (C=O) groups is 2. The van der Waals surface area contributed by atoms with Crippen molar-refractivity contribution in [3.63, 3.8) is 0 Å². The highest BCUT2D eigenvalue weighted by Crippen LogP contribution is 2.25. The number of rotatable bonds is 6. The van der Waals surface area contributed by atoms with Gasteiger partial charge >= 0.3 is 5.97 Å². The molecular formula is C23H29N3O4. The van der Waals surface area contributed by atoms with Crippen molar-refractivity contribution in [1.82, 2.24) is 4.90 Å². The van der Waals surface area contributed by atoms with Crippen molar-refractivity contribution in [2.24, 2.45) is 0 Å². The zero-order chi connectivity index (χ0) is 21.7. The maximum atomic E-state index is 12.8. The number of anilines is 2. The van der Waals surface area contributed by atoms with Crippen LogP contribution in [0.1, 0.15) is 24.2 Å². The Balaban J connectivity index is 1.61. The monoisotopic (exact) mass is 411 g/mol. The number of hydrogen-bond donors (Lipinski definition) is 1. The minimum absolute atomic E-state index is 0.0535. The van der Waals surface area contributed by atoms with Gasteiger partial charge in [0.2, 0.25) is 5.91 Å². The van der Waals surface area contributed by atoms with Crippen LogP contribution < -0.4 is 15.0 Å². The van der Waals surface area contributed by atoms with E-state index >= 15 is 0 Å². The molecule has 1 aliphatic rings. The molecule has 0 spiro atoms. The fourth-order valence-electron chi connectivity index (χ4n) is 3.84. The smallest absolute Gasteiger partial charge is 0.337 e. The van der Waals surface area contributed by atoms with E-state index in [1.165, 1.54) is 7.11 Å². The lowest BCUT2D eigenvalue weighted by molar-refractivity contribution is -0.121. The van der Waals surface area contributed by atoms with Crippen LogP contribution in [0.2, 0.25) is 0 Å². The van der Waals surface area contributed by atoms with E-state index in [4.69, 9.17) is 9.47 Å². The molecule has 0 aliphatic carbocycles. The number of piperazine rings is 1. The van der Waals surface area contributed by atoms with E-state index in [0.717, 1.165) is 25.3 Å². The Morgan fingerprint density at radius 1 is 1.07 bits per heavy atom. The number of ether oxygens (including phenoxy) is 2. The molecule has 3 rings (SSSR count). The molecule has 30 heavy (non-hydrogen) atoms. The van der Waals surface area contributed by atoms with Gasteiger partial charge in [0.1, 0.15) is 5.75 Å². The Morgan fingerprint density at radius 2 is 1.77 bits per heavy atom. The molecule has 2 unspecified atom stereocenters. The number of benzene rings is 2. The number of nitrogens with zero attached hydrogens (tertiary/aromatic N) is 2. The van der Waals surface area contributed by atoms with E-state index in [2.05, 4.69) is 22.0 Å². The number of carbonyl (C=O) groups excluding carboxylic acids is 2. The molecule has 7 nitrogen and oxygen atoms in total. The molecule has 2 aromatic carbocycles. The van der Waals surface area contributed by atoms with Gasteiger partial charge in [0.05, 0.1) is 31.5 Å². The van der Waals surface area contributed by atoms with Gasteiger partial charge in [-0.15, -0.1) is 0 Å². The Morgan fingerprint density at radius 3 is 2.40 bits per heavy atom. The molecule has 1 aliphatic heterocycles. The summed E-state index contributed by atoms with van der Waals surface area (Å²) in [5.74, 6) is 0.253. The Labute approximate surface area is 177 Å². The molecule has 7 heteroatoms. The second-order valence-electron chi connectivity index (χ2n) is 7.44. The Kier molecular flexibility index (Phi) is 6.95. The van der Waals surface area contributed by atoms with E-state index in [9.17, 15) is 9.59 Å². The minimum atomic E-state index is -0.338. The predicted molar refractivity (Wildman–Crippen MR) is 117 cm³/mol. The number of nitrogens with one attached hydrogen (secondary N) is 1. The van der Waals surface area contributed by atoms with Crippen LogP contribution in [0.4, 0.5) is 11.4 Å². The summed E-state index contributed by atoms with van der Waals surface area (Å²) in [4.78, 5) is 28.9. The first kappa shape index (κ1) is 21.6. The zero-order valence-corrected chi connectivity index (χ0v) is 17.9. The third-order valence-electron chi connectivity index (χ3n) is 5.57. The summed E-state index contributed by atoms with van der Waals surface area (Å²) in [6, 6.07) is 14.8. The zero-order valence-electron chi connectivity index (χ0n) is 17.9. The average molecular weight is 412 g/mol. The van der Waals surface area contributed by atoms with Crippen LogP contribution >= 0.6 is 0 Å². The summed E-state index contributed by atoms with van der Waals surface area (Å²) in [6.07, 6.45) is 0. The summed E-state index contributed by atoms with van der Waals surface area (Å²) in [5.41, 5.74) is 2.27.